The fourth-order valence-corrected chi connectivity index (χ4v) is 4.00. The van der Waals surface area contributed by atoms with Gasteiger partial charge in [0.15, 0.2) is 11.5 Å². The third-order valence-electron chi connectivity index (χ3n) is 4.54. The second kappa shape index (κ2) is 6.83. The number of nitrogens with two attached hydrogens (primary N) is 1. The van der Waals surface area contributed by atoms with E-state index < -0.39 is 5.92 Å². The summed E-state index contributed by atoms with van der Waals surface area (Å²) in [5.74, 6) is 0.0279. The highest BCUT2D eigenvalue weighted by Gasteiger charge is 2.36. The Morgan fingerprint density at radius 1 is 1.32 bits per heavy atom. The molecule has 3 aromatic rings. The first-order chi connectivity index (χ1) is 13.6. The molecule has 4 N–H and O–H groups in total. The fraction of sp³-hybridized carbons (Fsp3) is 0.158. The number of thiophene rings is 1. The molecule has 3 heterocycles. The van der Waals surface area contributed by atoms with E-state index >= 15 is 0 Å². The number of aromatic hydroxyl groups is 1. The van der Waals surface area contributed by atoms with E-state index in [2.05, 4.69) is 16.3 Å². The van der Waals surface area contributed by atoms with Crippen molar-refractivity contribution in [2.24, 2.45) is 5.73 Å². The fourth-order valence-electron chi connectivity index (χ4n) is 3.27. The quantitative estimate of drug-likeness (QED) is 0.618. The number of nitriles is 1. The Morgan fingerprint density at radius 3 is 2.61 bits per heavy atom. The van der Waals surface area contributed by atoms with E-state index in [0.29, 0.717) is 17.0 Å². The van der Waals surface area contributed by atoms with Crippen molar-refractivity contribution in [2.75, 3.05) is 14.2 Å². The molecule has 28 heavy (non-hydrogen) atoms. The molecule has 0 saturated carbocycles. The van der Waals surface area contributed by atoms with Gasteiger partial charge in [0, 0.05) is 0 Å². The molecule has 0 saturated heterocycles. The predicted octanol–water partition coefficient (Wildman–Crippen LogP) is 3.08. The predicted molar refractivity (Wildman–Crippen MR) is 102 cm³/mol. The molecular weight excluding hydrogens is 380 g/mol. The molecule has 4 rings (SSSR count). The molecule has 0 amide bonds. The summed E-state index contributed by atoms with van der Waals surface area (Å²) in [6.07, 6.45) is 0. The van der Waals surface area contributed by atoms with Gasteiger partial charge in [-0.15, -0.1) is 16.4 Å². The normalized spacial score (nSPS) is 15.5. The summed E-state index contributed by atoms with van der Waals surface area (Å²) in [5.41, 5.74) is 8.31. The number of H-pyrrole nitrogens is 1. The van der Waals surface area contributed by atoms with Crippen molar-refractivity contribution in [1.29, 1.82) is 5.26 Å². The van der Waals surface area contributed by atoms with Gasteiger partial charge in [0.05, 0.1) is 36.3 Å². The SMILES string of the molecule is COc1cc([C@@H]2C(C#N)=C(N)Oc3n[nH]c(-c4cccs4)c32)cc(OC)c1O. The zero-order valence-electron chi connectivity index (χ0n) is 15.0. The van der Waals surface area contributed by atoms with Crippen LogP contribution in [-0.4, -0.2) is 29.5 Å². The molecule has 1 aliphatic rings. The first-order valence-electron chi connectivity index (χ1n) is 8.23. The van der Waals surface area contributed by atoms with E-state index in [1.807, 2.05) is 17.5 Å². The summed E-state index contributed by atoms with van der Waals surface area (Å²) >= 11 is 1.53. The summed E-state index contributed by atoms with van der Waals surface area (Å²) in [6.45, 7) is 0. The number of ether oxygens (including phenoxy) is 3. The summed E-state index contributed by atoms with van der Waals surface area (Å²) in [5, 5.41) is 29.2. The smallest absolute Gasteiger partial charge is 0.244 e. The highest BCUT2D eigenvalue weighted by Crippen LogP contribution is 2.49. The van der Waals surface area contributed by atoms with Gasteiger partial charge in [-0.3, -0.25) is 5.10 Å². The first-order valence-corrected chi connectivity index (χ1v) is 9.11. The molecule has 0 fully saturated rings. The molecule has 9 heteroatoms. The molecular formula is C19H16N4O4S. The number of hydrogen-bond donors (Lipinski definition) is 3. The molecule has 0 spiro atoms. The lowest BCUT2D eigenvalue weighted by molar-refractivity contribution is 0.338. The van der Waals surface area contributed by atoms with Crippen molar-refractivity contribution < 1.29 is 19.3 Å². The van der Waals surface area contributed by atoms with E-state index in [-0.39, 0.29) is 28.7 Å². The number of nitrogens with one attached hydrogen (secondary N) is 1. The first kappa shape index (κ1) is 17.8. The van der Waals surface area contributed by atoms with E-state index in [0.717, 1.165) is 10.6 Å². The van der Waals surface area contributed by atoms with Crippen molar-refractivity contribution in [1.82, 2.24) is 10.2 Å². The number of fused-ring (bicyclic) bond motifs is 1. The van der Waals surface area contributed by atoms with Crippen LogP contribution in [0.3, 0.4) is 0 Å². The van der Waals surface area contributed by atoms with Gasteiger partial charge in [0.25, 0.3) is 0 Å². The molecule has 1 aliphatic heterocycles. The van der Waals surface area contributed by atoms with Crippen LogP contribution < -0.4 is 19.9 Å². The van der Waals surface area contributed by atoms with Gasteiger partial charge in [-0.1, -0.05) is 6.07 Å². The Bertz CT molecular complexity index is 1090. The number of aromatic nitrogens is 2. The van der Waals surface area contributed by atoms with Crippen molar-refractivity contribution in [3.8, 4) is 39.8 Å². The molecule has 0 radical (unpaired) electrons. The monoisotopic (exact) mass is 396 g/mol. The number of nitrogens with zero attached hydrogens (tertiary/aromatic N) is 2. The zero-order chi connectivity index (χ0) is 19.8. The number of allylic oxidation sites excluding steroid dienone is 1. The number of methoxy groups -OCH3 is 2. The average Bonchev–Trinajstić information content (AvgIpc) is 3.36. The van der Waals surface area contributed by atoms with Crippen LogP contribution in [0, 0.1) is 11.3 Å². The van der Waals surface area contributed by atoms with Crippen LogP contribution in [0.1, 0.15) is 17.0 Å². The molecule has 1 atom stereocenters. The molecule has 0 aliphatic carbocycles. The van der Waals surface area contributed by atoms with Gasteiger partial charge >= 0.3 is 0 Å². The zero-order valence-corrected chi connectivity index (χ0v) is 15.8. The molecule has 2 aromatic heterocycles. The maximum absolute atomic E-state index is 10.3. The third kappa shape index (κ3) is 2.62. The maximum atomic E-state index is 10.3. The number of hydrogen-bond acceptors (Lipinski definition) is 8. The Hall–Kier alpha value is -3.64. The number of phenolic OH excluding ortho intramolecular Hbond substituents is 1. The molecule has 0 bridgehead atoms. The molecule has 142 valence electrons. The summed E-state index contributed by atoms with van der Waals surface area (Å²) in [7, 11) is 2.88. The van der Waals surface area contributed by atoms with Gasteiger partial charge in [-0.25, -0.2) is 0 Å². The largest absolute Gasteiger partial charge is 0.502 e. The highest BCUT2D eigenvalue weighted by atomic mass is 32.1. The average molecular weight is 396 g/mol. The van der Waals surface area contributed by atoms with Crippen LogP contribution in [-0.2, 0) is 0 Å². The van der Waals surface area contributed by atoms with E-state index in [9.17, 15) is 10.4 Å². The minimum absolute atomic E-state index is 0.0183. The number of aromatic amines is 1. The van der Waals surface area contributed by atoms with Crippen LogP contribution in [0.25, 0.3) is 10.6 Å². The van der Waals surface area contributed by atoms with E-state index in [4.69, 9.17) is 19.9 Å². The Balaban J connectivity index is 1.99. The third-order valence-corrected chi connectivity index (χ3v) is 5.43. The van der Waals surface area contributed by atoms with Gasteiger partial charge in [-0.05, 0) is 29.1 Å². The summed E-state index contributed by atoms with van der Waals surface area (Å²) < 4.78 is 16.1. The maximum Gasteiger partial charge on any atom is 0.244 e. The molecule has 1 aromatic carbocycles. The second-order valence-corrected chi connectivity index (χ2v) is 6.94. The summed E-state index contributed by atoms with van der Waals surface area (Å²) in [6, 6.07) is 9.31. The van der Waals surface area contributed by atoms with Crippen molar-refractivity contribution in [2.45, 2.75) is 5.92 Å². The minimum atomic E-state index is -0.576. The van der Waals surface area contributed by atoms with Crippen LogP contribution in [0.2, 0.25) is 0 Å². The highest BCUT2D eigenvalue weighted by molar-refractivity contribution is 7.13. The van der Waals surface area contributed by atoms with Crippen molar-refractivity contribution in [3.63, 3.8) is 0 Å². The standard InChI is InChI=1S/C19H16N4O4S/c1-25-11-6-9(7-12(26-2)17(11)24)14-10(8-20)18(21)27-19-15(14)16(22-23-19)13-4-3-5-28-13/h3-7,14,24H,21H2,1-2H3,(H,22,23)/t14-/m1/s1. The van der Waals surface area contributed by atoms with Gasteiger partial charge in [0.2, 0.25) is 17.5 Å². The van der Waals surface area contributed by atoms with Crippen LogP contribution in [0.4, 0.5) is 0 Å². The number of phenols is 1. The van der Waals surface area contributed by atoms with E-state index in [1.54, 1.807) is 12.1 Å². The summed E-state index contributed by atoms with van der Waals surface area (Å²) in [4.78, 5) is 0.942. The molecule has 8 nitrogen and oxygen atoms in total. The molecule has 0 unspecified atom stereocenters. The van der Waals surface area contributed by atoms with Crippen molar-refractivity contribution >= 4 is 11.3 Å². The lowest BCUT2D eigenvalue weighted by Crippen LogP contribution is -2.21. The Kier molecular flexibility index (Phi) is 4.33. The lowest BCUT2D eigenvalue weighted by Gasteiger charge is -2.24. The minimum Gasteiger partial charge on any atom is -0.502 e. The second-order valence-electron chi connectivity index (χ2n) is 5.99. The van der Waals surface area contributed by atoms with Crippen LogP contribution >= 0.6 is 11.3 Å². The van der Waals surface area contributed by atoms with Gasteiger partial charge < -0.3 is 25.1 Å². The van der Waals surface area contributed by atoms with Crippen molar-refractivity contribution in [3.05, 3.63) is 52.2 Å². The Morgan fingerprint density at radius 2 is 2.04 bits per heavy atom. The Labute approximate surface area is 164 Å². The van der Waals surface area contributed by atoms with Crippen LogP contribution in [0.5, 0.6) is 23.1 Å². The van der Waals surface area contributed by atoms with Gasteiger partial charge in [0.1, 0.15) is 11.6 Å². The van der Waals surface area contributed by atoms with E-state index in [1.165, 1.54) is 25.6 Å². The topological polar surface area (TPSA) is 126 Å². The number of benzene rings is 1. The van der Waals surface area contributed by atoms with Gasteiger partial charge in [-0.2, -0.15) is 5.26 Å². The number of rotatable bonds is 4. The lowest BCUT2D eigenvalue weighted by atomic mass is 9.83. The van der Waals surface area contributed by atoms with Crippen LogP contribution in [0.15, 0.2) is 41.1 Å².